The largest absolute Gasteiger partial charge is 0.370 e. The van der Waals surface area contributed by atoms with Crippen LogP contribution in [0.5, 0.6) is 0 Å². The molecule has 0 atom stereocenters. The average molecular weight is 537 g/mol. The van der Waals surface area contributed by atoms with Gasteiger partial charge < -0.3 is 20.4 Å². The number of piperazine rings is 1. The van der Waals surface area contributed by atoms with Gasteiger partial charge in [0.2, 0.25) is 5.91 Å². The van der Waals surface area contributed by atoms with Gasteiger partial charge >= 0.3 is 0 Å². The SMILES string of the molecule is I.NC(=NCc1ccc(CN2CCCC2=O)cc1)N1CCN(c2ccc(F)cc2)CC1. The predicted octanol–water partition coefficient (Wildman–Crippen LogP) is 3.20. The molecule has 2 aromatic carbocycles. The van der Waals surface area contributed by atoms with Crippen LogP contribution < -0.4 is 10.6 Å². The van der Waals surface area contributed by atoms with Gasteiger partial charge in [0.1, 0.15) is 5.82 Å². The van der Waals surface area contributed by atoms with Crippen molar-refractivity contribution in [2.75, 3.05) is 37.6 Å². The normalized spacial score (nSPS) is 17.1. The second-order valence-corrected chi connectivity index (χ2v) is 7.86. The van der Waals surface area contributed by atoms with Gasteiger partial charge in [-0.1, -0.05) is 24.3 Å². The summed E-state index contributed by atoms with van der Waals surface area (Å²) in [4.78, 5) is 22.6. The van der Waals surface area contributed by atoms with E-state index in [0.29, 0.717) is 25.5 Å². The molecule has 1 amide bonds. The second kappa shape index (κ2) is 10.8. The first-order valence-corrected chi connectivity index (χ1v) is 10.5. The van der Waals surface area contributed by atoms with Crippen molar-refractivity contribution in [3.8, 4) is 0 Å². The van der Waals surface area contributed by atoms with Gasteiger partial charge in [-0.05, 0) is 41.8 Å². The number of likely N-dealkylation sites (tertiary alicyclic amines) is 1. The summed E-state index contributed by atoms with van der Waals surface area (Å²) in [7, 11) is 0. The smallest absolute Gasteiger partial charge is 0.222 e. The molecule has 0 aliphatic carbocycles. The summed E-state index contributed by atoms with van der Waals surface area (Å²) in [5, 5.41) is 0. The van der Waals surface area contributed by atoms with Crippen LogP contribution in [0.2, 0.25) is 0 Å². The van der Waals surface area contributed by atoms with Gasteiger partial charge in [-0.15, -0.1) is 24.0 Å². The fourth-order valence-electron chi connectivity index (χ4n) is 3.96. The minimum atomic E-state index is -0.216. The molecule has 2 aliphatic rings. The standard InChI is InChI=1S/C23H28FN5O.HI/c24-20-7-9-21(10-8-20)27-12-14-28(15-13-27)23(25)26-16-18-3-5-19(6-4-18)17-29-11-1-2-22(29)30;/h3-10H,1-2,11-17H2,(H2,25,26);1H. The number of hydrogen-bond donors (Lipinski definition) is 1. The van der Waals surface area contributed by atoms with Crippen molar-refractivity contribution in [2.24, 2.45) is 10.7 Å². The highest BCUT2D eigenvalue weighted by atomic mass is 127. The first kappa shape index (κ1) is 23.3. The molecule has 0 spiro atoms. The number of nitrogens with zero attached hydrogens (tertiary/aromatic N) is 4. The first-order chi connectivity index (χ1) is 14.6. The Balaban J connectivity index is 0.00000272. The minimum absolute atomic E-state index is 0. The Morgan fingerprint density at radius 3 is 2.19 bits per heavy atom. The van der Waals surface area contributed by atoms with E-state index in [4.69, 9.17) is 5.73 Å². The summed E-state index contributed by atoms with van der Waals surface area (Å²) in [5.74, 6) is 0.586. The van der Waals surface area contributed by atoms with Crippen LogP contribution >= 0.6 is 24.0 Å². The van der Waals surface area contributed by atoms with Gasteiger partial charge in [0.05, 0.1) is 6.54 Å². The van der Waals surface area contributed by atoms with Crippen LogP contribution in [0.3, 0.4) is 0 Å². The number of carbonyl (C=O) groups excluding carboxylic acids is 1. The van der Waals surface area contributed by atoms with Crippen LogP contribution in [-0.4, -0.2) is 54.4 Å². The topological polar surface area (TPSA) is 65.2 Å². The summed E-state index contributed by atoms with van der Waals surface area (Å²) < 4.78 is 13.1. The Hall–Kier alpha value is -2.36. The predicted molar refractivity (Wildman–Crippen MR) is 132 cm³/mol. The summed E-state index contributed by atoms with van der Waals surface area (Å²) in [6.45, 7) is 5.30. The van der Waals surface area contributed by atoms with Crippen LogP contribution in [0.15, 0.2) is 53.5 Å². The van der Waals surface area contributed by atoms with Crippen LogP contribution in [0.4, 0.5) is 10.1 Å². The van der Waals surface area contributed by atoms with Gasteiger partial charge in [-0.3, -0.25) is 4.79 Å². The number of benzene rings is 2. The molecule has 31 heavy (non-hydrogen) atoms. The third kappa shape index (κ3) is 6.09. The molecule has 6 nitrogen and oxygen atoms in total. The molecule has 2 heterocycles. The van der Waals surface area contributed by atoms with Crippen molar-refractivity contribution in [3.05, 3.63) is 65.5 Å². The van der Waals surface area contributed by atoms with Crippen molar-refractivity contribution in [2.45, 2.75) is 25.9 Å². The van der Waals surface area contributed by atoms with Crippen molar-refractivity contribution in [3.63, 3.8) is 0 Å². The highest BCUT2D eigenvalue weighted by molar-refractivity contribution is 14.0. The number of hydrogen-bond acceptors (Lipinski definition) is 3. The molecule has 0 bridgehead atoms. The highest BCUT2D eigenvalue weighted by Gasteiger charge is 2.20. The lowest BCUT2D eigenvalue weighted by Crippen LogP contribution is -2.51. The van der Waals surface area contributed by atoms with E-state index in [0.717, 1.165) is 56.0 Å². The number of nitrogens with two attached hydrogens (primary N) is 1. The molecule has 8 heteroatoms. The molecular formula is C23H29FIN5O. The molecule has 2 N–H and O–H groups in total. The van der Waals surface area contributed by atoms with E-state index in [1.54, 1.807) is 0 Å². The number of amides is 1. The number of rotatable bonds is 5. The summed E-state index contributed by atoms with van der Waals surface area (Å²) in [6, 6.07) is 14.8. The summed E-state index contributed by atoms with van der Waals surface area (Å²) in [5.41, 5.74) is 9.49. The van der Waals surface area contributed by atoms with E-state index in [-0.39, 0.29) is 35.7 Å². The Morgan fingerprint density at radius 1 is 0.935 bits per heavy atom. The fraction of sp³-hybridized carbons (Fsp3) is 0.391. The van der Waals surface area contributed by atoms with Gasteiger partial charge in [0, 0.05) is 51.4 Å². The fourth-order valence-corrected chi connectivity index (χ4v) is 3.96. The molecule has 4 rings (SSSR count). The van der Waals surface area contributed by atoms with Crippen LogP contribution in [-0.2, 0) is 17.9 Å². The third-order valence-corrected chi connectivity index (χ3v) is 5.79. The van der Waals surface area contributed by atoms with Crippen LogP contribution in [0.1, 0.15) is 24.0 Å². The van der Waals surface area contributed by atoms with Crippen LogP contribution in [0.25, 0.3) is 0 Å². The summed E-state index contributed by atoms with van der Waals surface area (Å²) in [6.07, 6.45) is 1.63. The highest BCUT2D eigenvalue weighted by Crippen LogP contribution is 2.17. The molecule has 0 radical (unpaired) electrons. The van der Waals surface area contributed by atoms with Gasteiger partial charge in [0.15, 0.2) is 5.96 Å². The van der Waals surface area contributed by atoms with Crippen molar-refractivity contribution >= 4 is 41.5 Å². The Bertz CT molecular complexity index is 895. The van der Waals surface area contributed by atoms with Crippen molar-refractivity contribution in [1.29, 1.82) is 0 Å². The Labute approximate surface area is 199 Å². The maximum atomic E-state index is 13.1. The molecule has 2 saturated heterocycles. The van der Waals surface area contributed by atoms with E-state index in [1.807, 2.05) is 17.0 Å². The Kier molecular flexibility index (Phi) is 8.11. The zero-order valence-electron chi connectivity index (χ0n) is 17.5. The van der Waals surface area contributed by atoms with E-state index in [1.165, 1.54) is 12.1 Å². The van der Waals surface area contributed by atoms with E-state index >= 15 is 0 Å². The lowest BCUT2D eigenvalue weighted by Gasteiger charge is -2.36. The zero-order valence-corrected chi connectivity index (χ0v) is 19.9. The monoisotopic (exact) mass is 537 g/mol. The van der Waals surface area contributed by atoms with Gasteiger partial charge in [0.25, 0.3) is 0 Å². The first-order valence-electron chi connectivity index (χ1n) is 10.5. The molecule has 2 aromatic rings. The zero-order chi connectivity index (χ0) is 20.9. The molecule has 0 saturated carbocycles. The molecule has 2 aliphatic heterocycles. The quantitative estimate of drug-likeness (QED) is 0.362. The third-order valence-electron chi connectivity index (χ3n) is 5.79. The summed E-state index contributed by atoms with van der Waals surface area (Å²) >= 11 is 0. The number of anilines is 1. The lowest BCUT2D eigenvalue weighted by atomic mass is 10.1. The average Bonchev–Trinajstić information content (AvgIpc) is 3.18. The molecule has 166 valence electrons. The lowest BCUT2D eigenvalue weighted by molar-refractivity contribution is -0.128. The van der Waals surface area contributed by atoms with E-state index in [2.05, 4.69) is 39.1 Å². The van der Waals surface area contributed by atoms with Gasteiger partial charge in [-0.2, -0.15) is 0 Å². The molecule has 0 unspecified atom stereocenters. The number of aliphatic imine (C=N–C) groups is 1. The number of guanidine groups is 1. The number of carbonyl (C=O) groups is 1. The Morgan fingerprint density at radius 2 is 1.58 bits per heavy atom. The molecular weight excluding hydrogens is 508 g/mol. The maximum Gasteiger partial charge on any atom is 0.222 e. The maximum absolute atomic E-state index is 13.1. The minimum Gasteiger partial charge on any atom is -0.370 e. The van der Waals surface area contributed by atoms with Crippen molar-refractivity contribution < 1.29 is 9.18 Å². The van der Waals surface area contributed by atoms with Crippen molar-refractivity contribution in [1.82, 2.24) is 9.80 Å². The molecule has 0 aromatic heterocycles. The molecule has 2 fully saturated rings. The van der Waals surface area contributed by atoms with Crippen LogP contribution in [0, 0.1) is 5.82 Å². The van der Waals surface area contributed by atoms with Gasteiger partial charge in [-0.25, -0.2) is 9.38 Å². The second-order valence-electron chi connectivity index (χ2n) is 7.86. The van der Waals surface area contributed by atoms with E-state index in [9.17, 15) is 9.18 Å². The van der Waals surface area contributed by atoms with E-state index < -0.39 is 0 Å². The number of halogens is 2.